The SMILES string of the molecule is CC(C)C[C@@H](CO)NC(=O)[C@@H]1CCCC[C@@H]1C(N)=O. The number of carbonyl (C=O) groups is 2. The lowest BCUT2D eigenvalue weighted by molar-refractivity contribution is -0.135. The quantitative estimate of drug-likeness (QED) is 0.666. The number of aliphatic hydroxyl groups excluding tert-OH is 1. The lowest BCUT2D eigenvalue weighted by atomic mass is 9.78. The maximum Gasteiger partial charge on any atom is 0.224 e. The molecule has 0 unspecified atom stereocenters. The molecule has 0 radical (unpaired) electrons. The van der Waals surface area contributed by atoms with E-state index in [1.54, 1.807) is 0 Å². The summed E-state index contributed by atoms with van der Waals surface area (Å²) in [6.45, 7) is 4.02. The number of hydrogen-bond acceptors (Lipinski definition) is 3. The van der Waals surface area contributed by atoms with Crippen molar-refractivity contribution in [1.82, 2.24) is 5.32 Å². The summed E-state index contributed by atoms with van der Waals surface area (Å²) in [6, 6.07) is -0.233. The van der Waals surface area contributed by atoms with E-state index in [-0.39, 0.29) is 36.3 Å². The molecule has 5 nitrogen and oxygen atoms in total. The maximum absolute atomic E-state index is 12.2. The van der Waals surface area contributed by atoms with Gasteiger partial charge in [0.05, 0.1) is 12.6 Å². The van der Waals surface area contributed by atoms with Gasteiger partial charge in [0.1, 0.15) is 0 Å². The van der Waals surface area contributed by atoms with Gasteiger partial charge in [0.25, 0.3) is 0 Å². The van der Waals surface area contributed by atoms with Crippen LogP contribution >= 0.6 is 0 Å². The highest BCUT2D eigenvalue weighted by molar-refractivity contribution is 5.87. The number of primary amides is 1. The molecular formula is C14H26N2O3. The molecule has 19 heavy (non-hydrogen) atoms. The summed E-state index contributed by atoms with van der Waals surface area (Å²) in [6.07, 6.45) is 4.04. The van der Waals surface area contributed by atoms with Crippen molar-refractivity contribution in [2.24, 2.45) is 23.5 Å². The van der Waals surface area contributed by atoms with Crippen molar-refractivity contribution in [3.05, 3.63) is 0 Å². The predicted octanol–water partition coefficient (Wildman–Crippen LogP) is 0.801. The second-order valence-electron chi connectivity index (χ2n) is 5.92. The second-order valence-corrected chi connectivity index (χ2v) is 5.92. The Morgan fingerprint density at radius 3 is 2.32 bits per heavy atom. The van der Waals surface area contributed by atoms with Gasteiger partial charge in [0, 0.05) is 11.8 Å². The van der Waals surface area contributed by atoms with Crippen molar-refractivity contribution in [2.75, 3.05) is 6.61 Å². The van der Waals surface area contributed by atoms with Crippen LogP contribution in [-0.4, -0.2) is 29.6 Å². The molecule has 0 saturated heterocycles. The zero-order valence-electron chi connectivity index (χ0n) is 11.9. The van der Waals surface area contributed by atoms with Gasteiger partial charge in [-0.2, -0.15) is 0 Å². The van der Waals surface area contributed by atoms with Crippen molar-refractivity contribution < 1.29 is 14.7 Å². The Morgan fingerprint density at radius 1 is 1.26 bits per heavy atom. The van der Waals surface area contributed by atoms with Crippen LogP contribution in [0.5, 0.6) is 0 Å². The van der Waals surface area contributed by atoms with Gasteiger partial charge in [-0.3, -0.25) is 9.59 Å². The Morgan fingerprint density at radius 2 is 1.84 bits per heavy atom. The van der Waals surface area contributed by atoms with Crippen LogP contribution in [-0.2, 0) is 9.59 Å². The van der Waals surface area contributed by atoms with E-state index in [1.807, 2.05) is 13.8 Å². The zero-order chi connectivity index (χ0) is 14.4. The molecule has 0 bridgehead atoms. The van der Waals surface area contributed by atoms with Crippen LogP contribution in [0, 0.1) is 17.8 Å². The molecule has 5 heteroatoms. The molecule has 0 aromatic heterocycles. The number of nitrogens with two attached hydrogens (primary N) is 1. The molecule has 0 spiro atoms. The number of amides is 2. The maximum atomic E-state index is 12.2. The normalized spacial score (nSPS) is 25.1. The average Bonchev–Trinajstić information content (AvgIpc) is 2.37. The van der Waals surface area contributed by atoms with Crippen LogP contribution in [0.25, 0.3) is 0 Å². The van der Waals surface area contributed by atoms with Crippen LogP contribution in [0.15, 0.2) is 0 Å². The van der Waals surface area contributed by atoms with Gasteiger partial charge < -0.3 is 16.2 Å². The van der Waals surface area contributed by atoms with Crippen molar-refractivity contribution in [1.29, 1.82) is 0 Å². The monoisotopic (exact) mass is 270 g/mol. The van der Waals surface area contributed by atoms with Gasteiger partial charge in [0.15, 0.2) is 0 Å². The molecule has 1 aliphatic carbocycles. The van der Waals surface area contributed by atoms with Gasteiger partial charge in [-0.05, 0) is 25.2 Å². The van der Waals surface area contributed by atoms with Crippen LogP contribution in [0.2, 0.25) is 0 Å². The average molecular weight is 270 g/mol. The molecule has 1 saturated carbocycles. The summed E-state index contributed by atoms with van der Waals surface area (Å²) < 4.78 is 0. The fourth-order valence-electron chi connectivity index (χ4n) is 2.84. The van der Waals surface area contributed by atoms with Gasteiger partial charge in [-0.1, -0.05) is 26.7 Å². The summed E-state index contributed by atoms with van der Waals surface area (Å²) in [5.74, 6) is -0.803. The standard InChI is InChI=1S/C14H26N2O3/c1-9(2)7-10(8-17)16-14(19)12-6-4-3-5-11(12)13(15)18/h9-12,17H,3-8H2,1-2H3,(H2,15,18)(H,16,19)/t10-,11-,12+/m0/s1. The topological polar surface area (TPSA) is 92.4 Å². The molecule has 1 rings (SSSR count). The lowest BCUT2D eigenvalue weighted by Gasteiger charge is -2.30. The molecule has 1 aliphatic rings. The Bertz CT molecular complexity index is 318. The first-order valence-corrected chi connectivity index (χ1v) is 7.16. The number of rotatable bonds is 6. The summed E-state index contributed by atoms with van der Waals surface area (Å²) >= 11 is 0. The third-order valence-electron chi connectivity index (χ3n) is 3.79. The number of carbonyl (C=O) groups excluding carboxylic acids is 2. The fourth-order valence-corrected chi connectivity index (χ4v) is 2.84. The summed E-state index contributed by atoms with van der Waals surface area (Å²) in [5.41, 5.74) is 5.37. The Labute approximate surface area is 114 Å². The van der Waals surface area contributed by atoms with Gasteiger partial charge in [0.2, 0.25) is 11.8 Å². The van der Waals surface area contributed by atoms with Crippen LogP contribution in [0.1, 0.15) is 46.0 Å². The highest BCUT2D eigenvalue weighted by Crippen LogP contribution is 2.30. The zero-order valence-corrected chi connectivity index (χ0v) is 11.9. The Balaban J connectivity index is 2.61. The van der Waals surface area contributed by atoms with E-state index < -0.39 is 0 Å². The van der Waals surface area contributed by atoms with Crippen LogP contribution < -0.4 is 11.1 Å². The van der Waals surface area contributed by atoms with E-state index >= 15 is 0 Å². The molecule has 110 valence electrons. The Hall–Kier alpha value is -1.10. The first-order chi connectivity index (χ1) is 8.95. The van der Waals surface area contributed by atoms with Crippen molar-refractivity contribution in [2.45, 2.75) is 52.0 Å². The number of nitrogens with one attached hydrogen (secondary N) is 1. The van der Waals surface area contributed by atoms with Crippen LogP contribution in [0.4, 0.5) is 0 Å². The molecule has 2 amide bonds. The smallest absolute Gasteiger partial charge is 0.224 e. The first kappa shape index (κ1) is 16.0. The molecule has 0 heterocycles. The first-order valence-electron chi connectivity index (χ1n) is 7.16. The van der Waals surface area contributed by atoms with Gasteiger partial charge in [-0.15, -0.1) is 0 Å². The van der Waals surface area contributed by atoms with E-state index in [0.717, 1.165) is 19.3 Å². The van der Waals surface area contributed by atoms with E-state index in [4.69, 9.17) is 5.73 Å². The third-order valence-corrected chi connectivity index (χ3v) is 3.79. The third kappa shape index (κ3) is 4.82. The Kier molecular flexibility index (Phi) is 6.28. The minimum absolute atomic E-state index is 0.0715. The van der Waals surface area contributed by atoms with Gasteiger partial charge >= 0.3 is 0 Å². The summed E-state index contributed by atoms with van der Waals surface area (Å²) in [4.78, 5) is 23.6. The molecule has 1 fully saturated rings. The molecule has 4 N–H and O–H groups in total. The predicted molar refractivity (Wildman–Crippen MR) is 73.1 cm³/mol. The van der Waals surface area contributed by atoms with Crippen LogP contribution in [0.3, 0.4) is 0 Å². The summed E-state index contributed by atoms with van der Waals surface area (Å²) in [7, 11) is 0. The largest absolute Gasteiger partial charge is 0.394 e. The van der Waals surface area contributed by atoms with Gasteiger partial charge in [-0.25, -0.2) is 0 Å². The van der Waals surface area contributed by atoms with Crippen molar-refractivity contribution in [3.63, 3.8) is 0 Å². The van der Waals surface area contributed by atoms with E-state index in [1.165, 1.54) is 0 Å². The minimum Gasteiger partial charge on any atom is -0.394 e. The summed E-state index contributed by atoms with van der Waals surface area (Å²) in [5, 5.41) is 12.1. The van der Waals surface area contributed by atoms with E-state index in [0.29, 0.717) is 18.8 Å². The van der Waals surface area contributed by atoms with E-state index in [2.05, 4.69) is 5.32 Å². The molecule has 0 aromatic carbocycles. The van der Waals surface area contributed by atoms with Crippen molar-refractivity contribution in [3.8, 4) is 0 Å². The van der Waals surface area contributed by atoms with E-state index in [9.17, 15) is 14.7 Å². The molecule has 3 atom stereocenters. The highest BCUT2D eigenvalue weighted by atomic mass is 16.3. The minimum atomic E-state index is -0.385. The number of hydrogen-bond donors (Lipinski definition) is 3. The molecular weight excluding hydrogens is 244 g/mol. The molecule has 0 aliphatic heterocycles. The lowest BCUT2D eigenvalue weighted by Crippen LogP contribution is -2.46. The van der Waals surface area contributed by atoms with Crippen molar-refractivity contribution >= 4 is 11.8 Å². The second kappa shape index (κ2) is 7.48. The fraction of sp³-hybridized carbons (Fsp3) is 0.857. The highest BCUT2D eigenvalue weighted by Gasteiger charge is 2.35. The molecule has 0 aromatic rings. The number of aliphatic hydroxyl groups is 1.